The molecule has 0 saturated carbocycles. The number of amides is 1. The quantitative estimate of drug-likeness (QED) is 0.604. The smallest absolute Gasteiger partial charge is 0.342 e. The highest BCUT2D eigenvalue weighted by atomic mass is 79.9. The largest absolute Gasteiger partial charge is 0.506 e. The Labute approximate surface area is 158 Å². The van der Waals surface area contributed by atoms with Gasteiger partial charge in [-0.25, -0.2) is 18.4 Å². The molecule has 0 spiro atoms. The number of aryl methyl sites for hydroxylation is 1. The zero-order chi connectivity index (χ0) is 19.5. The Kier molecular flexibility index (Phi) is 6.01. The normalized spacial score (nSPS) is 11.0. The lowest BCUT2D eigenvalue weighted by Gasteiger charge is -2.09. The van der Waals surface area contributed by atoms with E-state index >= 15 is 0 Å². The lowest BCUT2D eigenvalue weighted by Crippen LogP contribution is -2.21. The Bertz CT molecular complexity index is 957. The number of carbonyl (C=O) groups excluding carboxylic acids is 2. The fourth-order valence-electron chi connectivity index (χ4n) is 2.02. The number of rotatable bonds is 5. The number of primary sulfonamides is 1. The van der Waals surface area contributed by atoms with E-state index in [9.17, 15) is 23.1 Å². The number of benzene rings is 2. The van der Waals surface area contributed by atoms with E-state index in [1.165, 1.54) is 30.3 Å². The molecule has 2 aromatic carbocycles. The first-order chi connectivity index (χ1) is 12.1. The SMILES string of the molecule is Cc1cc(Br)c(O)c(C(=O)OCC(=O)Nc2ccc(S(N)(=O)=O)cc2)c1. The van der Waals surface area contributed by atoms with Crippen LogP contribution in [-0.2, 0) is 19.6 Å². The Balaban J connectivity index is 1.98. The van der Waals surface area contributed by atoms with Crippen LogP contribution < -0.4 is 10.5 Å². The van der Waals surface area contributed by atoms with Gasteiger partial charge in [0, 0.05) is 5.69 Å². The number of phenols is 1. The number of anilines is 1. The van der Waals surface area contributed by atoms with Crippen LogP contribution in [0.5, 0.6) is 5.75 Å². The van der Waals surface area contributed by atoms with Crippen LogP contribution >= 0.6 is 15.9 Å². The highest BCUT2D eigenvalue weighted by Gasteiger charge is 2.17. The number of halogens is 1. The molecule has 0 radical (unpaired) electrons. The molecule has 0 atom stereocenters. The van der Waals surface area contributed by atoms with Crippen LogP contribution in [-0.4, -0.2) is 32.0 Å². The summed E-state index contributed by atoms with van der Waals surface area (Å²) in [5, 5.41) is 17.3. The molecule has 0 aliphatic carbocycles. The van der Waals surface area contributed by atoms with E-state index in [-0.39, 0.29) is 16.2 Å². The third-order valence-corrected chi connectivity index (χ3v) is 4.76. The fraction of sp³-hybridized carbons (Fsp3) is 0.125. The summed E-state index contributed by atoms with van der Waals surface area (Å²) in [6, 6.07) is 8.24. The number of carbonyl (C=O) groups is 2. The van der Waals surface area contributed by atoms with Crippen molar-refractivity contribution in [3.63, 3.8) is 0 Å². The van der Waals surface area contributed by atoms with Crippen molar-refractivity contribution in [2.45, 2.75) is 11.8 Å². The molecule has 0 bridgehead atoms. The minimum atomic E-state index is -3.82. The van der Waals surface area contributed by atoms with Gasteiger partial charge in [0.1, 0.15) is 11.3 Å². The summed E-state index contributed by atoms with van der Waals surface area (Å²) in [6.45, 7) is 1.15. The van der Waals surface area contributed by atoms with Gasteiger partial charge in [-0.2, -0.15) is 0 Å². The van der Waals surface area contributed by atoms with E-state index in [0.717, 1.165) is 5.56 Å². The van der Waals surface area contributed by atoms with Crippen LogP contribution in [0.3, 0.4) is 0 Å². The highest BCUT2D eigenvalue weighted by Crippen LogP contribution is 2.29. The third-order valence-electron chi connectivity index (χ3n) is 3.23. The molecule has 0 saturated heterocycles. The summed E-state index contributed by atoms with van der Waals surface area (Å²) in [6.07, 6.45) is 0. The molecule has 4 N–H and O–H groups in total. The van der Waals surface area contributed by atoms with Gasteiger partial charge in [-0.05, 0) is 64.8 Å². The van der Waals surface area contributed by atoms with E-state index in [0.29, 0.717) is 10.2 Å². The minimum absolute atomic E-state index is 0.0674. The Morgan fingerprint density at radius 1 is 1.23 bits per heavy atom. The van der Waals surface area contributed by atoms with E-state index in [1.54, 1.807) is 13.0 Å². The topological polar surface area (TPSA) is 136 Å². The predicted octanol–water partition coefficient (Wildman–Crippen LogP) is 1.91. The van der Waals surface area contributed by atoms with Crippen molar-refractivity contribution in [1.82, 2.24) is 0 Å². The first kappa shape index (κ1) is 19.9. The number of esters is 1. The van der Waals surface area contributed by atoms with Crippen LogP contribution in [0, 0.1) is 6.92 Å². The predicted molar refractivity (Wildman–Crippen MR) is 97.3 cm³/mol. The van der Waals surface area contributed by atoms with Gasteiger partial charge in [-0.1, -0.05) is 0 Å². The number of hydrogen-bond donors (Lipinski definition) is 3. The Morgan fingerprint density at radius 2 is 1.85 bits per heavy atom. The van der Waals surface area contributed by atoms with E-state index in [2.05, 4.69) is 21.2 Å². The molecule has 0 aliphatic rings. The van der Waals surface area contributed by atoms with Gasteiger partial charge >= 0.3 is 5.97 Å². The summed E-state index contributed by atoms with van der Waals surface area (Å²) >= 11 is 3.12. The van der Waals surface area contributed by atoms with Crippen LogP contribution in [0.1, 0.15) is 15.9 Å². The molecule has 0 aliphatic heterocycles. The number of nitrogens with two attached hydrogens (primary N) is 1. The molecule has 0 fully saturated rings. The van der Waals surface area contributed by atoms with Gasteiger partial charge < -0.3 is 15.2 Å². The Hall–Kier alpha value is -2.43. The van der Waals surface area contributed by atoms with Crippen molar-refractivity contribution < 1.29 is 27.9 Å². The number of phenolic OH excluding ortho intramolecular Hbond substituents is 1. The highest BCUT2D eigenvalue weighted by molar-refractivity contribution is 9.10. The molecule has 138 valence electrons. The van der Waals surface area contributed by atoms with Gasteiger partial charge in [-0.3, -0.25) is 4.79 Å². The summed E-state index contributed by atoms with van der Waals surface area (Å²) in [5.74, 6) is -1.76. The van der Waals surface area contributed by atoms with Crippen LogP contribution in [0.15, 0.2) is 45.8 Å². The van der Waals surface area contributed by atoms with Crippen molar-refractivity contribution in [3.05, 3.63) is 52.0 Å². The van der Waals surface area contributed by atoms with E-state index in [4.69, 9.17) is 9.88 Å². The van der Waals surface area contributed by atoms with Gasteiger partial charge in [0.25, 0.3) is 5.91 Å². The van der Waals surface area contributed by atoms with Crippen molar-refractivity contribution in [2.24, 2.45) is 5.14 Å². The molecule has 0 heterocycles. The third kappa shape index (κ3) is 5.04. The maximum Gasteiger partial charge on any atom is 0.342 e. The number of sulfonamides is 1. The zero-order valence-electron chi connectivity index (χ0n) is 13.5. The number of hydrogen-bond acceptors (Lipinski definition) is 6. The van der Waals surface area contributed by atoms with Gasteiger partial charge in [0.2, 0.25) is 10.0 Å². The fourth-order valence-corrected chi connectivity index (χ4v) is 3.11. The molecule has 10 heteroatoms. The standard InChI is InChI=1S/C16H15BrN2O6S/c1-9-6-12(15(21)13(17)7-9)16(22)25-8-14(20)19-10-2-4-11(5-3-10)26(18,23)24/h2-7,21H,8H2,1H3,(H,19,20)(H2,18,23,24). The van der Waals surface area contributed by atoms with Crippen LogP contribution in [0.2, 0.25) is 0 Å². The summed E-state index contributed by atoms with van der Waals surface area (Å²) in [5.41, 5.74) is 0.961. The number of ether oxygens (including phenoxy) is 1. The molecule has 0 aromatic heterocycles. The van der Waals surface area contributed by atoms with Crippen molar-refractivity contribution >= 4 is 43.5 Å². The maximum absolute atomic E-state index is 12.0. The first-order valence-electron chi connectivity index (χ1n) is 7.17. The molecule has 2 rings (SSSR count). The summed E-state index contributed by atoms with van der Waals surface area (Å²) in [7, 11) is -3.82. The second-order valence-corrected chi connectivity index (χ2v) is 7.75. The summed E-state index contributed by atoms with van der Waals surface area (Å²) < 4.78 is 27.5. The van der Waals surface area contributed by atoms with Gasteiger partial charge in [-0.15, -0.1) is 0 Å². The lowest BCUT2D eigenvalue weighted by atomic mass is 10.1. The van der Waals surface area contributed by atoms with Crippen molar-refractivity contribution in [3.8, 4) is 5.75 Å². The van der Waals surface area contributed by atoms with Crippen LogP contribution in [0.4, 0.5) is 5.69 Å². The molecule has 1 amide bonds. The molecular weight excluding hydrogens is 428 g/mol. The number of aromatic hydroxyl groups is 1. The average molecular weight is 443 g/mol. The molecule has 0 unspecified atom stereocenters. The second-order valence-electron chi connectivity index (χ2n) is 5.34. The molecule has 2 aromatic rings. The van der Waals surface area contributed by atoms with E-state index in [1.807, 2.05) is 0 Å². The van der Waals surface area contributed by atoms with E-state index < -0.39 is 28.5 Å². The lowest BCUT2D eigenvalue weighted by molar-refractivity contribution is -0.119. The monoisotopic (exact) mass is 442 g/mol. The van der Waals surface area contributed by atoms with Gasteiger partial charge in [0.15, 0.2) is 6.61 Å². The second kappa shape index (κ2) is 7.85. The summed E-state index contributed by atoms with van der Waals surface area (Å²) in [4.78, 5) is 23.8. The molecular formula is C16H15BrN2O6S. The van der Waals surface area contributed by atoms with Crippen molar-refractivity contribution in [1.29, 1.82) is 0 Å². The zero-order valence-corrected chi connectivity index (χ0v) is 15.9. The maximum atomic E-state index is 12.0. The van der Waals surface area contributed by atoms with Crippen LogP contribution in [0.25, 0.3) is 0 Å². The van der Waals surface area contributed by atoms with Gasteiger partial charge in [0.05, 0.1) is 9.37 Å². The Morgan fingerprint density at radius 3 is 2.42 bits per heavy atom. The molecule has 8 nitrogen and oxygen atoms in total. The molecule has 26 heavy (non-hydrogen) atoms. The minimum Gasteiger partial charge on any atom is -0.506 e. The average Bonchev–Trinajstić information content (AvgIpc) is 2.55. The van der Waals surface area contributed by atoms with Crippen molar-refractivity contribution in [2.75, 3.05) is 11.9 Å². The first-order valence-corrected chi connectivity index (χ1v) is 9.51. The number of nitrogens with one attached hydrogen (secondary N) is 1.